The highest BCUT2D eigenvalue weighted by atomic mass is 31.2. The molecule has 1 saturated carbocycles. The summed E-state index contributed by atoms with van der Waals surface area (Å²) in [5.74, 6) is 0. The maximum Gasteiger partial charge on any atom is 0.192 e. The van der Waals surface area contributed by atoms with Gasteiger partial charge in [0.25, 0.3) is 0 Å². The lowest BCUT2D eigenvalue weighted by Gasteiger charge is -2.46. The molecular weight excluding hydrogens is 660 g/mol. The van der Waals surface area contributed by atoms with Crippen molar-refractivity contribution in [3.8, 4) is 0 Å². The lowest BCUT2D eigenvalue weighted by atomic mass is 9.85. The van der Waals surface area contributed by atoms with Gasteiger partial charge in [0.05, 0.1) is 18.8 Å². The molecule has 0 N–H and O–H groups in total. The van der Waals surface area contributed by atoms with Crippen LogP contribution in [0.1, 0.15) is 75.2 Å². The predicted octanol–water partition coefficient (Wildman–Crippen LogP) is 11.4. The average molecular weight is 727 g/mol. The Kier molecular flexibility index (Phi) is 12.9. The molecule has 4 nitrogen and oxygen atoms in total. The molecule has 2 aromatic rings. The van der Waals surface area contributed by atoms with Gasteiger partial charge in [0.1, 0.15) is 7.14 Å². The van der Waals surface area contributed by atoms with E-state index in [-0.39, 0.29) is 27.3 Å². The first-order valence-corrected chi connectivity index (χ1v) is 28.5. The highest BCUT2D eigenvalue weighted by Crippen LogP contribution is 2.47. The van der Waals surface area contributed by atoms with E-state index >= 15 is 4.57 Å². The van der Waals surface area contributed by atoms with Crippen LogP contribution in [0.5, 0.6) is 0 Å². The summed E-state index contributed by atoms with van der Waals surface area (Å²) in [5.41, 5.74) is 2.51. The SMILES string of the molecule is CC(C)(C)[Si](C)(C)OCC=C1C(O[Si](C)(C)C(C)(C)C)CC(=CCP(=O)(c2ccccc2)c2ccccc2)C[C@H]1O[Si](C)(C)C(C)(C)C. The predicted molar refractivity (Wildman–Crippen MR) is 217 cm³/mol. The zero-order valence-electron chi connectivity index (χ0n) is 33.0. The standard InChI is InChI=1S/C40H67O4PSi3/c1-38(2,3)46(10,11)42-28-26-35-36(43-47(12,13)39(4,5)6)30-32(31-37(35)44-48(14,15)40(7,8)9)27-29-45(41,33-22-18-16-19-23-33)34-24-20-17-21-25-34/h16-27,36-37H,28-31H2,1-15H3/t36-,37?/m1/s1. The maximum absolute atomic E-state index is 15.0. The second-order valence-electron chi connectivity index (χ2n) is 18.4. The Morgan fingerprint density at radius 1 is 0.625 bits per heavy atom. The molecule has 0 aromatic heterocycles. The molecule has 2 atom stereocenters. The number of benzene rings is 2. The van der Waals surface area contributed by atoms with Crippen LogP contribution >= 0.6 is 7.14 Å². The highest BCUT2D eigenvalue weighted by molar-refractivity contribution is 7.78. The normalized spacial score (nSPS) is 20.8. The summed E-state index contributed by atoms with van der Waals surface area (Å²) in [5, 5.41) is 2.05. The highest BCUT2D eigenvalue weighted by Gasteiger charge is 2.46. The van der Waals surface area contributed by atoms with Crippen LogP contribution < -0.4 is 10.6 Å². The largest absolute Gasteiger partial charge is 0.413 e. The van der Waals surface area contributed by atoms with Gasteiger partial charge in [0, 0.05) is 16.8 Å². The van der Waals surface area contributed by atoms with Gasteiger partial charge >= 0.3 is 0 Å². The van der Waals surface area contributed by atoms with Crippen LogP contribution in [0.2, 0.25) is 54.4 Å². The van der Waals surface area contributed by atoms with Gasteiger partial charge in [-0.05, 0) is 72.8 Å². The van der Waals surface area contributed by atoms with Gasteiger partial charge in [-0.1, -0.05) is 141 Å². The van der Waals surface area contributed by atoms with Gasteiger partial charge in [0.2, 0.25) is 0 Å². The third kappa shape index (κ3) is 9.92. The minimum atomic E-state index is -2.90. The van der Waals surface area contributed by atoms with Crippen LogP contribution in [0.25, 0.3) is 0 Å². The van der Waals surface area contributed by atoms with Crippen molar-refractivity contribution < 1.29 is 17.8 Å². The van der Waals surface area contributed by atoms with Crippen molar-refractivity contribution in [1.29, 1.82) is 0 Å². The van der Waals surface area contributed by atoms with Crippen LogP contribution in [0, 0.1) is 0 Å². The van der Waals surface area contributed by atoms with E-state index in [1.807, 2.05) is 60.7 Å². The van der Waals surface area contributed by atoms with Gasteiger partial charge in [0.15, 0.2) is 25.0 Å². The van der Waals surface area contributed by atoms with Gasteiger partial charge in [-0.15, -0.1) is 0 Å². The third-order valence-electron chi connectivity index (χ3n) is 11.7. The van der Waals surface area contributed by atoms with E-state index in [9.17, 15) is 0 Å². The number of allylic oxidation sites excluding steroid dienone is 1. The summed E-state index contributed by atoms with van der Waals surface area (Å²) in [6.07, 6.45) is 6.38. The fourth-order valence-corrected chi connectivity index (χ4v) is 11.3. The zero-order chi connectivity index (χ0) is 36.4. The van der Waals surface area contributed by atoms with Crippen LogP contribution in [0.3, 0.4) is 0 Å². The van der Waals surface area contributed by atoms with E-state index in [2.05, 4.69) is 114 Å². The maximum atomic E-state index is 15.0. The molecule has 1 fully saturated rings. The fourth-order valence-electron chi connectivity index (χ4n) is 5.23. The van der Waals surface area contributed by atoms with Crippen LogP contribution in [0.15, 0.2) is 84.0 Å². The smallest absolute Gasteiger partial charge is 0.192 e. The third-order valence-corrected chi connectivity index (χ3v) is 28.1. The monoisotopic (exact) mass is 726 g/mol. The van der Waals surface area contributed by atoms with E-state index in [1.165, 1.54) is 11.1 Å². The number of rotatable bonds is 11. The molecule has 268 valence electrons. The summed E-state index contributed by atoms with van der Waals surface area (Å²) >= 11 is 0. The molecule has 2 aromatic carbocycles. The van der Waals surface area contributed by atoms with Gasteiger partial charge < -0.3 is 17.8 Å². The Balaban J connectivity index is 2.14. The molecule has 0 heterocycles. The molecule has 8 heteroatoms. The number of hydrogen-bond donors (Lipinski definition) is 0. The minimum Gasteiger partial charge on any atom is -0.413 e. The first kappa shape index (κ1) is 41.1. The Labute approximate surface area is 297 Å². The fraction of sp³-hybridized carbons (Fsp3) is 0.600. The molecule has 1 unspecified atom stereocenters. The van der Waals surface area contributed by atoms with E-state index < -0.39 is 32.1 Å². The van der Waals surface area contributed by atoms with E-state index in [1.54, 1.807) is 0 Å². The topological polar surface area (TPSA) is 44.8 Å². The molecule has 48 heavy (non-hydrogen) atoms. The van der Waals surface area contributed by atoms with Crippen LogP contribution in [-0.4, -0.2) is 49.9 Å². The average Bonchev–Trinajstić information content (AvgIpc) is 2.96. The molecular formula is C40H67O4PSi3. The second kappa shape index (κ2) is 15.1. The lowest BCUT2D eigenvalue weighted by Crippen LogP contribution is -2.50. The Bertz CT molecular complexity index is 1370. The Morgan fingerprint density at radius 3 is 1.35 bits per heavy atom. The molecule has 0 bridgehead atoms. The quantitative estimate of drug-likeness (QED) is 0.131. The van der Waals surface area contributed by atoms with Crippen molar-refractivity contribution >= 4 is 42.7 Å². The van der Waals surface area contributed by atoms with Crippen molar-refractivity contribution in [2.24, 2.45) is 0 Å². The van der Waals surface area contributed by atoms with Crippen LogP contribution in [-0.2, 0) is 17.8 Å². The van der Waals surface area contributed by atoms with E-state index in [4.69, 9.17) is 13.3 Å². The summed E-state index contributed by atoms with van der Waals surface area (Å²) in [7, 11) is -9.17. The molecule has 0 spiro atoms. The zero-order valence-corrected chi connectivity index (χ0v) is 36.9. The molecule has 1 aliphatic rings. The van der Waals surface area contributed by atoms with Crippen molar-refractivity contribution in [3.05, 3.63) is 84.0 Å². The van der Waals surface area contributed by atoms with Gasteiger partial charge in [-0.25, -0.2) is 0 Å². The molecule has 0 saturated heterocycles. The molecule has 3 rings (SSSR count). The van der Waals surface area contributed by atoms with Crippen molar-refractivity contribution in [1.82, 2.24) is 0 Å². The molecule has 1 aliphatic carbocycles. The Morgan fingerprint density at radius 2 is 1.00 bits per heavy atom. The molecule has 0 amide bonds. The van der Waals surface area contributed by atoms with E-state index in [0.717, 1.165) is 23.5 Å². The van der Waals surface area contributed by atoms with Crippen molar-refractivity contribution in [2.75, 3.05) is 12.8 Å². The second-order valence-corrected chi connectivity index (χ2v) is 35.6. The first-order valence-electron chi connectivity index (χ1n) is 17.9. The summed E-state index contributed by atoms with van der Waals surface area (Å²) in [6, 6.07) is 20.0. The van der Waals surface area contributed by atoms with Crippen molar-refractivity contribution in [3.63, 3.8) is 0 Å². The number of hydrogen-bond acceptors (Lipinski definition) is 4. The van der Waals surface area contributed by atoms with Crippen molar-refractivity contribution in [2.45, 2.75) is 142 Å². The lowest BCUT2D eigenvalue weighted by molar-refractivity contribution is 0.129. The minimum absolute atomic E-state index is 0.0587. The van der Waals surface area contributed by atoms with Gasteiger partial charge in [-0.2, -0.15) is 0 Å². The summed E-state index contributed by atoms with van der Waals surface area (Å²) in [6.45, 7) is 35.3. The van der Waals surface area contributed by atoms with E-state index in [0.29, 0.717) is 12.8 Å². The van der Waals surface area contributed by atoms with Gasteiger partial charge in [-0.3, -0.25) is 0 Å². The summed E-state index contributed by atoms with van der Waals surface area (Å²) < 4.78 is 36.4. The van der Waals surface area contributed by atoms with Crippen LogP contribution in [0.4, 0.5) is 0 Å². The first-order chi connectivity index (χ1) is 21.8. The molecule has 0 aliphatic heterocycles. The molecule has 0 radical (unpaired) electrons. The summed E-state index contributed by atoms with van der Waals surface area (Å²) in [4.78, 5) is 0. The Hall–Kier alpha value is -1.32.